The molecule has 0 saturated heterocycles. The normalized spacial score (nSPS) is 20.9. The first-order valence-electron chi connectivity index (χ1n) is 8.36. The summed E-state index contributed by atoms with van der Waals surface area (Å²) in [4.78, 5) is 11.9. The van der Waals surface area contributed by atoms with Gasteiger partial charge in [0, 0.05) is 30.7 Å². The number of carbonyl (C=O) groups excluding carboxylic acids is 1. The van der Waals surface area contributed by atoms with Crippen molar-refractivity contribution in [1.29, 1.82) is 0 Å². The second-order valence-electron chi connectivity index (χ2n) is 8.22. The fourth-order valence-electron chi connectivity index (χ4n) is 2.35. The number of nitrogens with one attached hydrogen (secondary N) is 2. The number of amides is 1. The Balaban J connectivity index is 2.55. The van der Waals surface area contributed by atoms with E-state index >= 15 is 0 Å². The Kier molecular flexibility index (Phi) is 6.27. The summed E-state index contributed by atoms with van der Waals surface area (Å²) in [6, 6.07) is 0. The molecule has 0 bridgehead atoms. The van der Waals surface area contributed by atoms with Crippen molar-refractivity contribution in [3.05, 3.63) is 0 Å². The van der Waals surface area contributed by atoms with E-state index in [1.165, 1.54) is 12.8 Å². The minimum atomic E-state index is -0.481. The molecule has 0 spiro atoms. The third kappa shape index (κ3) is 6.13. The Bertz CT molecular complexity index is 371. The minimum absolute atomic E-state index is 0.123. The Morgan fingerprint density at radius 3 is 2.18 bits per heavy atom. The molecule has 5 nitrogen and oxygen atoms in total. The quantitative estimate of drug-likeness (QED) is 0.644. The maximum absolute atomic E-state index is 11.9. The van der Waals surface area contributed by atoms with Gasteiger partial charge in [0.05, 0.1) is 0 Å². The van der Waals surface area contributed by atoms with E-state index in [1.807, 2.05) is 20.8 Å². The molecular formula is C17H34N2O3. The van der Waals surface area contributed by atoms with E-state index in [0.29, 0.717) is 12.5 Å². The standard InChI is InChI=1S/C17H34N2O3/c1-7-16(5,12-20)10-19-17(6,13-8-9-13)11-18-14(21)22-15(2,3)4/h13,19-20H,7-12H2,1-6H3,(H,18,21). The molecule has 1 aliphatic carbocycles. The van der Waals surface area contributed by atoms with Crippen molar-refractivity contribution in [2.45, 2.75) is 71.9 Å². The van der Waals surface area contributed by atoms with E-state index in [0.717, 1.165) is 13.0 Å². The highest BCUT2D eigenvalue weighted by molar-refractivity contribution is 5.67. The van der Waals surface area contributed by atoms with Crippen LogP contribution in [0.3, 0.4) is 0 Å². The first kappa shape index (κ1) is 19.2. The average Bonchev–Trinajstić information content (AvgIpc) is 3.26. The number of ether oxygens (including phenoxy) is 1. The van der Waals surface area contributed by atoms with Gasteiger partial charge in [-0.05, 0) is 52.9 Å². The van der Waals surface area contributed by atoms with Crippen LogP contribution in [0.15, 0.2) is 0 Å². The van der Waals surface area contributed by atoms with Gasteiger partial charge in [0.25, 0.3) is 0 Å². The summed E-state index contributed by atoms with van der Waals surface area (Å²) in [5.41, 5.74) is -0.754. The summed E-state index contributed by atoms with van der Waals surface area (Å²) in [6.45, 7) is 13.3. The first-order chi connectivity index (χ1) is 10.0. The van der Waals surface area contributed by atoms with Gasteiger partial charge >= 0.3 is 6.09 Å². The number of aliphatic hydroxyl groups is 1. The fourth-order valence-corrected chi connectivity index (χ4v) is 2.35. The van der Waals surface area contributed by atoms with Crippen molar-refractivity contribution in [3.8, 4) is 0 Å². The molecule has 22 heavy (non-hydrogen) atoms. The van der Waals surface area contributed by atoms with E-state index in [4.69, 9.17) is 4.74 Å². The summed E-state index contributed by atoms with van der Waals surface area (Å²) in [5, 5.41) is 16.0. The number of alkyl carbamates (subject to hydrolysis) is 1. The molecule has 1 amide bonds. The van der Waals surface area contributed by atoms with Crippen LogP contribution in [-0.4, -0.2) is 42.0 Å². The Morgan fingerprint density at radius 1 is 1.18 bits per heavy atom. The van der Waals surface area contributed by atoms with Crippen molar-refractivity contribution >= 4 is 6.09 Å². The van der Waals surface area contributed by atoms with Crippen LogP contribution in [0.1, 0.15) is 60.8 Å². The van der Waals surface area contributed by atoms with E-state index in [1.54, 1.807) is 0 Å². The lowest BCUT2D eigenvalue weighted by atomic mass is 9.86. The SMILES string of the molecule is CCC(C)(CO)CNC(C)(CNC(=O)OC(C)(C)C)C1CC1. The molecule has 1 aliphatic rings. The molecule has 1 fully saturated rings. The van der Waals surface area contributed by atoms with Crippen LogP contribution in [0.5, 0.6) is 0 Å². The van der Waals surface area contributed by atoms with Gasteiger partial charge in [-0.1, -0.05) is 13.8 Å². The minimum Gasteiger partial charge on any atom is -0.444 e. The Hall–Kier alpha value is -0.810. The monoisotopic (exact) mass is 314 g/mol. The predicted molar refractivity (Wildman–Crippen MR) is 88.9 cm³/mol. The Labute approximate surface area is 135 Å². The molecule has 1 saturated carbocycles. The third-order valence-electron chi connectivity index (χ3n) is 4.63. The number of carbonyl (C=O) groups is 1. The highest BCUT2D eigenvalue weighted by atomic mass is 16.6. The molecule has 0 aromatic rings. The second-order valence-corrected chi connectivity index (χ2v) is 8.22. The topological polar surface area (TPSA) is 70.6 Å². The summed E-state index contributed by atoms with van der Waals surface area (Å²) in [5.74, 6) is 0.572. The van der Waals surface area contributed by atoms with Crippen molar-refractivity contribution < 1.29 is 14.6 Å². The van der Waals surface area contributed by atoms with Gasteiger partial charge in [0.2, 0.25) is 0 Å². The van der Waals surface area contributed by atoms with Crippen LogP contribution in [0, 0.1) is 11.3 Å². The van der Waals surface area contributed by atoms with Gasteiger partial charge in [0.15, 0.2) is 0 Å². The van der Waals surface area contributed by atoms with Crippen LogP contribution in [0.2, 0.25) is 0 Å². The average molecular weight is 314 g/mol. The molecule has 130 valence electrons. The van der Waals surface area contributed by atoms with Crippen LogP contribution >= 0.6 is 0 Å². The molecule has 1 rings (SSSR count). The summed E-state index contributed by atoms with van der Waals surface area (Å²) in [7, 11) is 0. The van der Waals surface area contributed by atoms with Crippen molar-refractivity contribution in [1.82, 2.24) is 10.6 Å². The highest BCUT2D eigenvalue weighted by Gasteiger charge is 2.42. The molecule has 3 N–H and O–H groups in total. The summed E-state index contributed by atoms with van der Waals surface area (Å²) >= 11 is 0. The number of aliphatic hydroxyl groups excluding tert-OH is 1. The van der Waals surface area contributed by atoms with Gasteiger partial charge < -0.3 is 20.5 Å². The highest BCUT2D eigenvalue weighted by Crippen LogP contribution is 2.39. The molecule has 2 unspecified atom stereocenters. The maximum Gasteiger partial charge on any atom is 0.407 e. The third-order valence-corrected chi connectivity index (χ3v) is 4.63. The Morgan fingerprint density at radius 2 is 1.77 bits per heavy atom. The summed E-state index contributed by atoms with van der Waals surface area (Å²) in [6.07, 6.45) is 2.90. The molecule has 0 radical (unpaired) electrons. The lowest BCUT2D eigenvalue weighted by Gasteiger charge is -2.36. The van der Waals surface area contributed by atoms with Gasteiger partial charge in [0.1, 0.15) is 5.60 Å². The zero-order valence-corrected chi connectivity index (χ0v) is 15.1. The number of hydrogen-bond donors (Lipinski definition) is 3. The number of rotatable bonds is 8. The maximum atomic E-state index is 11.9. The zero-order chi connectivity index (χ0) is 17.0. The second kappa shape index (κ2) is 7.18. The van der Waals surface area contributed by atoms with Crippen molar-refractivity contribution in [2.24, 2.45) is 11.3 Å². The molecule has 0 aromatic heterocycles. The van der Waals surface area contributed by atoms with Crippen LogP contribution < -0.4 is 10.6 Å². The molecule has 2 atom stereocenters. The molecule has 0 aliphatic heterocycles. The van der Waals surface area contributed by atoms with E-state index in [2.05, 4.69) is 31.4 Å². The van der Waals surface area contributed by atoms with Gasteiger partial charge in [-0.15, -0.1) is 0 Å². The lowest BCUT2D eigenvalue weighted by molar-refractivity contribution is 0.0501. The number of hydrogen-bond acceptors (Lipinski definition) is 4. The zero-order valence-electron chi connectivity index (χ0n) is 15.1. The van der Waals surface area contributed by atoms with Gasteiger partial charge in [-0.2, -0.15) is 0 Å². The molecule has 0 aromatic carbocycles. The van der Waals surface area contributed by atoms with E-state index in [9.17, 15) is 9.90 Å². The summed E-state index contributed by atoms with van der Waals surface area (Å²) < 4.78 is 5.30. The van der Waals surface area contributed by atoms with Crippen LogP contribution in [0.4, 0.5) is 4.79 Å². The smallest absolute Gasteiger partial charge is 0.407 e. The van der Waals surface area contributed by atoms with Crippen LogP contribution in [0.25, 0.3) is 0 Å². The largest absolute Gasteiger partial charge is 0.444 e. The molecule has 0 heterocycles. The van der Waals surface area contributed by atoms with Crippen molar-refractivity contribution in [2.75, 3.05) is 19.7 Å². The van der Waals surface area contributed by atoms with Gasteiger partial charge in [-0.3, -0.25) is 0 Å². The predicted octanol–water partition coefficient (Wildman–Crippen LogP) is 2.68. The van der Waals surface area contributed by atoms with Gasteiger partial charge in [-0.25, -0.2) is 4.79 Å². The molecule has 5 heteroatoms. The molecular weight excluding hydrogens is 280 g/mol. The van der Waals surface area contributed by atoms with Crippen LogP contribution in [-0.2, 0) is 4.74 Å². The first-order valence-corrected chi connectivity index (χ1v) is 8.36. The van der Waals surface area contributed by atoms with Crippen molar-refractivity contribution in [3.63, 3.8) is 0 Å². The van der Waals surface area contributed by atoms with E-state index in [-0.39, 0.29) is 23.7 Å². The van der Waals surface area contributed by atoms with E-state index < -0.39 is 5.60 Å². The fraction of sp³-hybridized carbons (Fsp3) is 0.941. The lowest BCUT2D eigenvalue weighted by Crippen LogP contribution is -2.56.